The van der Waals surface area contributed by atoms with E-state index in [1.807, 2.05) is 29.8 Å². The van der Waals surface area contributed by atoms with E-state index in [1.165, 1.54) is 6.33 Å². The average molecular weight is 477 g/mol. The fraction of sp³-hybridized carbons (Fsp3) is 0.360. The number of rotatable bonds is 7. The zero-order valence-electron chi connectivity index (χ0n) is 19.8. The highest BCUT2D eigenvalue weighted by molar-refractivity contribution is 6.09. The maximum Gasteiger partial charge on any atom is 0.340 e. The van der Waals surface area contributed by atoms with Crippen molar-refractivity contribution in [2.75, 3.05) is 32.9 Å². The molecule has 35 heavy (non-hydrogen) atoms. The fourth-order valence-corrected chi connectivity index (χ4v) is 4.67. The van der Waals surface area contributed by atoms with Gasteiger partial charge in [-0.05, 0) is 19.1 Å². The zero-order valence-corrected chi connectivity index (χ0v) is 19.8. The van der Waals surface area contributed by atoms with E-state index in [-0.39, 0.29) is 18.9 Å². The number of ether oxygens (including phenoxy) is 2. The van der Waals surface area contributed by atoms with Crippen molar-refractivity contribution in [3.05, 3.63) is 60.1 Å². The molecule has 182 valence electrons. The Labute approximate surface area is 202 Å². The molecular formula is C25H28N6O4. The third-order valence-corrected chi connectivity index (χ3v) is 6.40. The van der Waals surface area contributed by atoms with Crippen molar-refractivity contribution in [2.24, 2.45) is 7.05 Å². The van der Waals surface area contributed by atoms with Crippen LogP contribution in [0.15, 0.2) is 43.2 Å². The number of benzene rings is 1. The summed E-state index contributed by atoms with van der Waals surface area (Å²) in [4.78, 5) is 23.9. The second kappa shape index (κ2) is 9.85. The van der Waals surface area contributed by atoms with Crippen LogP contribution in [-0.2, 0) is 29.6 Å². The molecule has 1 fully saturated rings. The Kier molecular flexibility index (Phi) is 6.47. The summed E-state index contributed by atoms with van der Waals surface area (Å²) in [5.41, 5.74) is 4.12. The number of phenolic OH excluding ortho intramolecular Hbond substituents is 1. The molecule has 0 bridgehead atoms. The smallest absolute Gasteiger partial charge is 0.340 e. The summed E-state index contributed by atoms with van der Waals surface area (Å²) >= 11 is 0. The molecule has 0 atom stereocenters. The molecule has 0 saturated carbocycles. The number of carbonyl (C=O) groups excluding carboxylic acids is 1. The van der Waals surface area contributed by atoms with Gasteiger partial charge in [-0.15, -0.1) is 0 Å². The highest BCUT2D eigenvalue weighted by Crippen LogP contribution is 2.41. The van der Waals surface area contributed by atoms with Crippen LogP contribution in [0.25, 0.3) is 22.0 Å². The van der Waals surface area contributed by atoms with E-state index >= 15 is 0 Å². The maximum absolute atomic E-state index is 13.4. The number of esters is 1. The minimum Gasteiger partial charge on any atom is -0.507 e. The van der Waals surface area contributed by atoms with Crippen LogP contribution >= 0.6 is 0 Å². The number of hydrogen-bond acceptors (Lipinski definition) is 8. The molecule has 1 aromatic carbocycles. The SMILES string of the molecule is CCOC(=O)c1c(CN2CCOCC2)n(C)c2cc(-c3cccnc3)c(O)c(Cn3cncn3)c12. The minimum absolute atomic E-state index is 0.0788. The summed E-state index contributed by atoms with van der Waals surface area (Å²) in [7, 11) is 1.95. The van der Waals surface area contributed by atoms with Crippen molar-refractivity contribution in [2.45, 2.75) is 20.0 Å². The molecule has 4 heterocycles. The molecule has 0 aliphatic carbocycles. The molecule has 0 unspecified atom stereocenters. The van der Waals surface area contributed by atoms with E-state index in [4.69, 9.17) is 9.47 Å². The molecule has 1 aliphatic rings. The van der Waals surface area contributed by atoms with Crippen LogP contribution in [-0.4, -0.2) is 73.2 Å². The van der Waals surface area contributed by atoms with Crippen LogP contribution in [0.4, 0.5) is 0 Å². The van der Waals surface area contributed by atoms with Gasteiger partial charge in [-0.2, -0.15) is 5.10 Å². The second-order valence-electron chi connectivity index (χ2n) is 8.47. The quantitative estimate of drug-likeness (QED) is 0.406. The second-order valence-corrected chi connectivity index (χ2v) is 8.47. The number of pyridine rings is 1. The van der Waals surface area contributed by atoms with E-state index in [9.17, 15) is 9.90 Å². The molecule has 3 aromatic heterocycles. The minimum atomic E-state index is -0.408. The molecule has 0 spiro atoms. The lowest BCUT2D eigenvalue weighted by molar-refractivity contribution is 0.0328. The monoisotopic (exact) mass is 476 g/mol. The van der Waals surface area contributed by atoms with Gasteiger partial charge >= 0.3 is 5.97 Å². The molecule has 1 N–H and O–H groups in total. The molecule has 1 saturated heterocycles. The Morgan fingerprint density at radius 1 is 1.23 bits per heavy atom. The van der Waals surface area contributed by atoms with E-state index in [1.54, 1.807) is 30.3 Å². The van der Waals surface area contributed by atoms with Crippen LogP contribution in [0, 0.1) is 0 Å². The molecule has 0 amide bonds. The number of aryl methyl sites for hydroxylation is 1. The van der Waals surface area contributed by atoms with Crippen molar-refractivity contribution in [1.82, 2.24) is 29.2 Å². The number of hydrogen-bond donors (Lipinski definition) is 1. The lowest BCUT2D eigenvalue weighted by Gasteiger charge is -2.27. The number of fused-ring (bicyclic) bond motifs is 1. The van der Waals surface area contributed by atoms with Gasteiger partial charge in [0.2, 0.25) is 0 Å². The molecule has 1 aliphatic heterocycles. The molecule has 5 rings (SSSR count). The fourth-order valence-electron chi connectivity index (χ4n) is 4.67. The number of phenols is 1. The third kappa shape index (κ3) is 4.38. The van der Waals surface area contributed by atoms with Gasteiger partial charge in [0.05, 0.1) is 37.4 Å². The Bertz CT molecular complexity index is 1330. The van der Waals surface area contributed by atoms with Gasteiger partial charge in [0.15, 0.2) is 0 Å². The topological polar surface area (TPSA) is 108 Å². The summed E-state index contributed by atoms with van der Waals surface area (Å²) in [6, 6.07) is 5.64. The van der Waals surface area contributed by atoms with Gasteiger partial charge in [0.25, 0.3) is 0 Å². The first-order chi connectivity index (χ1) is 17.1. The summed E-state index contributed by atoms with van der Waals surface area (Å²) in [6.07, 6.45) is 6.44. The maximum atomic E-state index is 13.4. The summed E-state index contributed by atoms with van der Waals surface area (Å²) in [5, 5.41) is 16.4. The first-order valence-corrected chi connectivity index (χ1v) is 11.6. The van der Waals surface area contributed by atoms with Crippen LogP contribution in [0.5, 0.6) is 5.75 Å². The van der Waals surface area contributed by atoms with E-state index in [2.05, 4.69) is 20.0 Å². The predicted octanol–water partition coefficient (Wildman–Crippen LogP) is 2.59. The van der Waals surface area contributed by atoms with Gasteiger partial charge in [0, 0.05) is 66.8 Å². The van der Waals surface area contributed by atoms with Crippen molar-refractivity contribution in [3.63, 3.8) is 0 Å². The van der Waals surface area contributed by atoms with Crippen molar-refractivity contribution in [1.29, 1.82) is 0 Å². The van der Waals surface area contributed by atoms with Gasteiger partial charge in [-0.1, -0.05) is 6.07 Å². The number of nitrogens with zero attached hydrogens (tertiary/aromatic N) is 6. The molecule has 0 radical (unpaired) electrons. The lowest BCUT2D eigenvalue weighted by Crippen LogP contribution is -2.36. The van der Waals surface area contributed by atoms with Crippen molar-refractivity contribution < 1.29 is 19.4 Å². The molecule has 4 aromatic rings. The first kappa shape index (κ1) is 23.0. The van der Waals surface area contributed by atoms with Crippen LogP contribution in [0.1, 0.15) is 28.5 Å². The Balaban J connectivity index is 1.78. The van der Waals surface area contributed by atoms with E-state index in [0.29, 0.717) is 41.8 Å². The summed E-state index contributed by atoms with van der Waals surface area (Å²) < 4.78 is 14.7. The standard InChI is InChI=1S/C25H28N6O4/c1-3-35-25(33)23-21(14-30-7-9-34-10-8-30)29(2)20-11-18(17-5-4-6-26-12-17)24(32)19(22(20)23)13-31-16-27-15-28-31/h4-6,11-12,15-16,32H,3,7-10,13-14H2,1-2H3. The van der Waals surface area contributed by atoms with Crippen molar-refractivity contribution >= 4 is 16.9 Å². The molecule has 10 nitrogen and oxygen atoms in total. The number of carbonyl (C=O) groups is 1. The highest BCUT2D eigenvalue weighted by atomic mass is 16.5. The first-order valence-electron chi connectivity index (χ1n) is 11.6. The van der Waals surface area contributed by atoms with E-state index < -0.39 is 5.97 Å². The highest BCUT2D eigenvalue weighted by Gasteiger charge is 2.29. The van der Waals surface area contributed by atoms with E-state index in [0.717, 1.165) is 29.9 Å². The Hall–Kier alpha value is -3.76. The molecular weight excluding hydrogens is 448 g/mol. The number of aromatic hydroxyl groups is 1. The number of aromatic nitrogens is 5. The Morgan fingerprint density at radius 3 is 2.74 bits per heavy atom. The van der Waals surface area contributed by atoms with Crippen LogP contribution < -0.4 is 0 Å². The molecule has 10 heteroatoms. The third-order valence-electron chi connectivity index (χ3n) is 6.40. The summed E-state index contributed by atoms with van der Waals surface area (Å²) in [5.74, 6) is -0.329. The van der Waals surface area contributed by atoms with Gasteiger partial charge < -0.3 is 19.1 Å². The summed E-state index contributed by atoms with van der Waals surface area (Å²) in [6.45, 7) is 5.72. The van der Waals surface area contributed by atoms with Gasteiger partial charge in [-0.25, -0.2) is 14.5 Å². The Morgan fingerprint density at radius 2 is 2.06 bits per heavy atom. The lowest BCUT2D eigenvalue weighted by atomic mass is 9.96. The predicted molar refractivity (Wildman–Crippen MR) is 129 cm³/mol. The van der Waals surface area contributed by atoms with Crippen molar-refractivity contribution in [3.8, 4) is 16.9 Å². The average Bonchev–Trinajstić information content (AvgIpc) is 3.48. The zero-order chi connectivity index (χ0) is 24.4. The van der Waals surface area contributed by atoms with Crippen LogP contribution in [0.3, 0.4) is 0 Å². The van der Waals surface area contributed by atoms with Gasteiger partial charge in [-0.3, -0.25) is 9.88 Å². The van der Waals surface area contributed by atoms with Gasteiger partial charge in [0.1, 0.15) is 18.4 Å². The van der Waals surface area contributed by atoms with Crippen LogP contribution in [0.2, 0.25) is 0 Å². The largest absolute Gasteiger partial charge is 0.507 e. The normalized spacial score (nSPS) is 14.5. The number of morpholine rings is 1.